The Labute approximate surface area is 137 Å². The molecule has 23 heavy (non-hydrogen) atoms. The van der Waals surface area contributed by atoms with Gasteiger partial charge < -0.3 is 0 Å². The van der Waals surface area contributed by atoms with Crippen molar-refractivity contribution in [2.45, 2.75) is 32.4 Å². The number of nitrogens with zero attached hydrogens (tertiary/aromatic N) is 3. The van der Waals surface area contributed by atoms with E-state index in [-0.39, 0.29) is 17.9 Å². The molecule has 5 nitrogen and oxygen atoms in total. The Morgan fingerprint density at radius 2 is 1.74 bits per heavy atom. The number of benzene rings is 1. The van der Waals surface area contributed by atoms with E-state index in [2.05, 4.69) is 34.1 Å². The van der Waals surface area contributed by atoms with Crippen LogP contribution in [0.4, 0.5) is 0 Å². The molecule has 0 spiro atoms. The Morgan fingerprint density at radius 3 is 2.39 bits per heavy atom. The van der Waals surface area contributed by atoms with Gasteiger partial charge in [0.2, 0.25) is 11.8 Å². The number of carbonyl (C=O) groups is 2. The van der Waals surface area contributed by atoms with Gasteiger partial charge in [0.05, 0.1) is 12.5 Å². The number of likely N-dealkylation sites (tertiary alicyclic amines) is 1. The molecule has 0 saturated carbocycles. The van der Waals surface area contributed by atoms with E-state index in [0.717, 1.165) is 39.1 Å². The molecule has 124 valence electrons. The molecular weight excluding hydrogens is 290 g/mol. The van der Waals surface area contributed by atoms with Gasteiger partial charge in [-0.15, -0.1) is 0 Å². The van der Waals surface area contributed by atoms with Gasteiger partial charge in [0, 0.05) is 39.3 Å². The molecule has 0 N–H and O–H groups in total. The Morgan fingerprint density at radius 1 is 1.04 bits per heavy atom. The van der Waals surface area contributed by atoms with Gasteiger partial charge in [-0.05, 0) is 12.0 Å². The van der Waals surface area contributed by atoms with Crippen molar-refractivity contribution < 1.29 is 9.59 Å². The van der Waals surface area contributed by atoms with Crippen LogP contribution in [-0.4, -0.2) is 65.3 Å². The van der Waals surface area contributed by atoms with Crippen LogP contribution >= 0.6 is 0 Å². The number of piperazine rings is 1. The minimum absolute atomic E-state index is 0.00596. The zero-order chi connectivity index (χ0) is 16.2. The van der Waals surface area contributed by atoms with Crippen LogP contribution in [0.3, 0.4) is 0 Å². The molecular formula is C18H25N3O2. The lowest BCUT2D eigenvalue weighted by atomic mass is 10.1. The lowest BCUT2D eigenvalue weighted by Crippen LogP contribution is -2.52. The minimum Gasteiger partial charge on any atom is -0.297 e. The first kappa shape index (κ1) is 16.1. The Balaban J connectivity index is 1.53. The fourth-order valence-corrected chi connectivity index (χ4v) is 3.48. The molecule has 2 aliphatic heterocycles. The fraction of sp³-hybridized carbons (Fsp3) is 0.556. The van der Waals surface area contributed by atoms with Crippen LogP contribution in [0, 0.1) is 0 Å². The number of hydrogen-bond donors (Lipinski definition) is 0. The topological polar surface area (TPSA) is 43.9 Å². The predicted molar refractivity (Wildman–Crippen MR) is 88.7 cm³/mol. The highest BCUT2D eigenvalue weighted by atomic mass is 16.2. The highest BCUT2D eigenvalue weighted by Gasteiger charge is 2.41. The van der Waals surface area contributed by atoms with Crippen LogP contribution in [0.25, 0.3) is 0 Å². The van der Waals surface area contributed by atoms with E-state index in [1.165, 1.54) is 10.5 Å². The standard InChI is InChI=1S/C18H25N3O2/c1-2-8-21-17(22)13-16(18(21)23)20-11-9-19(10-12-20)14-15-6-4-3-5-7-15/h3-7,16H,2,8-14H2,1H3. The van der Waals surface area contributed by atoms with Crippen LogP contribution in [0.2, 0.25) is 0 Å². The third kappa shape index (κ3) is 3.62. The lowest BCUT2D eigenvalue weighted by molar-refractivity contribution is -0.140. The predicted octanol–water partition coefficient (Wildman–Crippen LogP) is 1.34. The Bertz CT molecular complexity index is 553. The van der Waals surface area contributed by atoms with Crippen molar-refractivity contribution in [3.8, 4) is 0 Å². The Kier molecular flexibility index (Phi) is 5.08. The largest absolute Gasteiger partial charge is 0.297 e. The number of carbonyl (C=O) groups excluding carboxylic acids is 2. The van der Waals surface area contributed by atoms with E-state index in [1.807, 2.05) is 13.0 Å². The normalized spacial score (nSPS) is 23.7. The fourth-order valence-electron chi connectivity index (χ4n) is 3.48. The summed E-state index contributed by atoms with van der Waals surface area (Å²) in [5.41, 5.74) is 1.32. The summed E-state index contributed by atoms with van der Waals surface area (Å²) in [7, 11) is 0. The smallest absolute Gasteiger partial charge is 0.247 e. The monoisotopic (exact) mass is 315 g/mol. The first-order chi connectivity index (χ1) is 11.2. The SMILES string of the molecule is CCCN1C(=O)CC(N2CCN(Cc3ccccc3)CC2)C1=O. The summed E-state index contributed by atoms with van der Waals surface area (Å²) >= 11 is 0. The van der Waals surface area contributed by atoms with Crippen LogP contribution < -0.4 is 0 Å². The number of imide groups is 1. The van der Waals surface area contributed by atoms with Gasteiger partial charge >= 0.3 is 0 Å². The zero-order valence-corrected chi connectivity index (χ0v) is 13.8. The molecule has 1 aromatic rings. The highest BCUT2D eigenvalue weighted by Crippen LogP contribution is 2.21. The molecule has 0 aromatic heterocycles. The number of hydrogen-bond acceptors (Lipinski definition) is 4. The van der Waals surface area contributed by atoms with E-state index in [4.69, 9.17) is 0 Å². The maximum atomic E-state index is 12.4. The maximum Gasteiger partial charge on any atom is 0.247 e. The summed E-state index contributed by atoms with van der Waals surface area (Å²) in [6.45, 7) is 7.11. The summed E-state index contributed by atoms with van der Waals surface area (Å²) in [5.74, 6) is 0.00178. The average molecular weight is 315 g/mol. The Hall–Kier alpha value is -1.72. The van der Waals surface area contributed by atoms with Gasteiger partial charge in [-0.3, -0.25) is 24.3 Å². The molecule has 0 aliphatic carbocycles. The quantitative estimate of drug-likeness (QED) is 0.769. The number of rotatable bonds is 5. The zero-order valence-electron chi connectivity index (χ0n) is 13.8. The molecule has 5 heteroatoms. The third-order valence-electron chi connectivity index (χ3n) is 4.76. The van der Waals surface area contributed by atoms with Gasteiger partial charge in [0.1, 0.15) is 0 Å². The summed E-state index contributed by atoms with van der Waals surface area (Å²) in [5, 5.41) is 0. The van der Waals surface area contributed by atoms with Crippen molar-refractivity contribution in [3.05, 3.63) is 35.9 Å². The van der Waals surface area contributed by atoms with Gasteiger partial charge in [0.15, 0.2) is 0 Å². The van der Waals surface area contributed by atoms with Crippen LogP contribution in [0.5, 0.6) is 0 Å². The molecule has 2 aliphatic rings. The summed E-state index contributed by atoms with van der Waals surface area (Å²) in [6, 6.07) is 10.2. The van der Waals surface area contributed by atoms with Crippen molar-refractivity contribution in [2.24, 2.45) is 0 Å². The number of amides is 2. The van der Waals surface area contributed by atoms with E-state index in [0.29, 0.717) is 13.0 Å². The van der Waals surface area contributed by atoms with E-state index in [9.17, 15) is 9.59 Å². The van der Waals surface area contributed by atoms with E-state index >= 15 is 0 Å². The first-order valence-corrected chi connectivity index (χ1v) is 8.53. The summed E-state index contributed by atoms with van der Waals surface area (Å²) in [4.78, 5) is 30.5. The van der Waals surface area contributed by atoms with Crippen LogP contribution in [0.15, 0.2) is 30.3 Å². The first-order valence-electron chi connectivity index (χ1n) is 8.53. The van der Waals surface area contributed by atoms with Crippen molar-refractivity contribution in [2.75, 3.05) is 32.7 Å². The van der Waals surface area contributed by atoms with Crippen LogP contribution in [0.1, 0.15) is 25.3 Å². The highest BCUT2D eigenvalue weighted by molar-refractivity contribution is 6.05. The molecule has 0 bridgehead atoms. The molecule has 2 fully saturated rings. The second-order valence-electron chi connectivity index (χ2n) is 6.40. The lowest BCUT2D eigenvalue weighted by Gasteiger charge is -2.37. The molecule has 1 unspecified atom stereocenters. The maximum absolute atomic E-state index is 12.4. The van der Waals surface area contributed by atoms with Crippen molar-refractivity contribution in [3.63, 3.8) is 0 Å². The summed E-state index contributed by atoms with van der Waals surface area (Å²) in [6.07, 6.45) is 1.19. The van der Waals surface area contributed by atoms with Gasteiger partial charge in [0.25, 0.3) is 0 Å². The molecule has 0 radical (unpaired) electrons. The minimum atomic E-state index is -0.229. The molecule has 2 saturated heterocycles. The molecule has 1 atom stereocenters. The van der Waals surface area contributed by atoms with Crippen molar-refractivity contribution >= 4 is 11.8 Å². The molecule has 1 aromatic carbocycles. The third-order valence-corrected chi connectivity index (χ3v) is 4.76. The van der Waals surface area contributed by atoms with Crippen molar-refractivity contribution in [1.29, 1.82) is 0 Å². The molecule has 2 heterocycles. The second-order valence-corrected chi connectivity index (χ2v) is 6.40. The van der Waals surface area contributed by atoms with Crippen molar-refractivity contribution in [1.82, 2.24) is 14.7 Å². The van der Waals surface area contributed by atoms with Gasteiger partial charge in [-0.2, -0.15) is 0 Å². The molecule has 3 rings (SSSR count). The van der Waals surface area contributed by atoms with E-state index in [1.54, 1.807) is 0 Å². The van der Waals surface area contributed by atoms with E-state index < -0.39 is 0 Å². The molecule has 2 amide bonds. The second kappa shape index (κ2) is 7.23. The van der Waals surface area contributed by atoms with Gasteiger partial charge in [-0.25, -0.2) is 0 Å². The van der Waals surface area contributed by atoms with Crippen LogP contribution in [-0.2, 0) is 16.1 Å². The van der Waals surface area contributed by atoms with Gasteiger partial charge in [-0.1, -0.05) is 37.3 Å². The summed E-state index contributed by atoms with van der Waals surface area (Å²) < 4.78 is 0. The average Bonchev–Trinajstić information content (AvgIpc) is 2.85.